The van der Waals surface area contributed by atoms with Gasteiger partial charge in [-0.05, 0) is 11.8 Å². The molecule has 0 saturated carbocycles. The van der Waals surface area contributed by atoms with Gasteiger partial charge in [-0.1, -0.05) is 45.7 Å². The first-order valence-electron chi connectivity index (χ1n) is 2.84. The quantitative estimate of drug-likeness (QED) is 0.669. The van der Waals surface area contributed by atoms with Crippen molar-refractivity contribution in [2.24, 2.45) is 11.8 Å². The van der Waals surface area contributed by atoms with E-state index in [4.69, 9.17) is 0 Å². The minimum Gasteiger partial charge on any atom is -0.0925 e. The molecule has 0 amide bonds. The average Bonchev–Trinajstić information content (AvgIpc) is 1.84. The molecule has 0 aliphatic carbocycles. The predicted octanol–water partition coefficient (Wildman–Crippen LogP) is 3.05. The zero-order chi connectivity index (χ0) is 6.57. The van der Waals surface area contributed by atoms with Crippen LogP contribution in [0.2, 0.25) is 0 Å². The SMILES string of the molecule is C[C@H](CBr)[C@@H](C)CBr. The molecule has 0 heterocycles. The van der Waals surface area contributed by atoms with Crippen molar-refractivity contribution < 1.29 is 0 Å². The van der Waals surface area contributed by atoms with Crippen LogP contribution in [0.4, 0.5) is 0 Å². The molecule has 0 radical (unpaired) electrons. The molecule has 8 heavy (non-hydrogen) atoms. The van der Waals surface area contributed by atoms with Crippen LogP contribution in [0, 0.1) is 11.8 Å². The second kappa shape index (κ2) is 4.80. The van der Waals surface area contributed by atoms with Crippen molar-refractivity contribution in [1.29, 1.82) is 0 Å². The van der Waals surface area contributed by atoms with Gasteiger partial charge in [0, 0.05) is 10.7 Å². The summed E-state index contributed by atoms with van der Waals surface area (Å²) in [5, 5.41) is 2.22. The highest BCUT2D eigenvalue weighted by Gasteiger charge is 2.07. The minimum atomic E-state index is 0.786. The molecule has 0 aromatic heterocycles. The van der Waals surface area contributed by atoms with Gasteiger partial charge in [-0.25, -0.2) is 0 Å². The van der Waals surface area contributed by atoms with Crippen LogP contribution in [0.1, 0.15) is 13.8 Å². The van der Waals surface area contributed by atoms with E-state index in [0.29, 0.717) is 0 Å². The van der Waals surface area contributed by atoms with Crippen molar-refractivity contribution in [1.82, 2.24) is 0 Å². The van der Waals surface area contributed by atoms with E-state index in [0.717, 1.165) is 22.5 Å². The minimum absolute atomic E-state index is 0.786. The molecule has 0 saturated heterocycles. The summed E-state index contributed by atoms with van der Waals surface area (Å²) in [5.41, 5.74) is 0. The van der Waals surface area contributed by atoms with Crippen LogP contribution in [-0.2, 0) is 0 Å². The molecule has 0 aliphatic rings. The lowest BCUT2D eigenvalue weighted by atomic mass is 10.0. The van der Waals surface area contributed by atoms with Crippen LogP contribution in [0.25, 0.3) is 0 Å². The molecule has 0 nitrogen and oxygen atoms in total. The molecular formula is C6H12Br2. The zero-order valence-corrected chi connectivity index (χ0v) is 8.50. The van der Waals surface area contributed by atoms with E-state index in [1.165, 1.54) is 0 Å². The lowest BCUT2D eigenvalue weighted by Gasteiger charge is -2.12. The van der Waals surface area contributed by atoms with Crippen LogP contribution >= 0.6 is 31.9 Å². The van der Waals surface area contributed by atoms with E-state index in [1.807, 2.05) is 0 Å². The molecule has 2 heteroatoms. The number of hydrogen-bond acceptors (Lipinski definition) is 0. The van der Waals surface area contributed by atoms with E-state index in [-0.39, 0.29) is 0 Å². The summed E-state index contributed by atoms with van der Waals surface area (Å²) in [7, 11) is 0. The number of halogens is 2. The maximum atomic E-state index is 3.44. The van der Waals surface area contributed by atoms with E-state index in [9.17, 15) is 0 Å². The maximum Gasteiger partial charge on any atom is 0.00598 e. The highest BCUT2D eigenvalue weighted by atomic mass is 79.9. The second-order valence-corrected chi connectivity index (χ2v) is 3.56. The van der Waals surface area contributed by atoms with E-state index >= 15 is 0 Å². The Balaban J connectivity index is 3.29. The molecular weight excluding hydrogens is 232 g/mol. The normalized spacial score (nSPS) is 18.0. The molecule has 0 rings (SSSR count). The molecule has 2 atom stereocenters. The van der Waals surface area contributed by atoms with E-state index < -0.39 is 0 Å². The lowest BCUT2D eigenvalue weighted by Crippen LogP contribution is -2.09. The highest BCUT2D eigenvalue weighted by Crippen LogP contribution is 2.14. The third kappa shape index (κ3) is 3.08. The van der Waals surface area contributed by atoms with Gasteiger partial charge in [0.05, 0.1) is 0 Å². The molecule has 0 bridgehead atoms. The smallest absolute Gasteiger partial charge is 0.00598 e. The van der Waals surface area contributed by atoms with Crippen LogP contribution < -0.4 is 0 Å². The van der Waals surface area contributed by atoms with Crippen molar-refractivity contribution in [2.75, 3.05) is 10.7 Å². The highest BCUT2D eigenvalue weighted by molar-refractivity contribution is 9.09. The van der Waals surface area contributed by atoms with Gasteiger partial charge in [-0.15, -0.1) is 0 Å². The summed E-state index contributed by atoms with van der Waals surface area (Å²) in [6.45, 7) is 4.50. The number of hydrogen-bond donors (Lipinski definition) is 0. The molecule has 0 aromatic carbocycles. The Bertz CT molecular complexity index is 46.5. The first-order chi connectivity index (χ1) is 3.72. The van der Waals surface area contributed by atoms with Crippen molar-refractivity contribution in [3.8, 4) is 0 Å². The number of alkyl halides is 2. The van der Waals surface area contributed by atoms with Gasteiger partial charge in [0.25, 0.3) is 0 Å². The number of rotatable bonds is 3. The summed E-state index contributed by atoms with van der Waals surface area (Å²) < 4.78 is 0. The van der Waals surface area contributed by atoms with Crippen molar-refractivity contribution in [3.63, 3.8) is 0 Å². The predicted molar refractivity (Wildman–Crippen MR) is 45.9 cm³/mol. The monoisotopic (exact) mass is 242 g/mol. The van der Waals surface area contributed by atoms with Crippen LogP contribution in [0.5, 0.6) is 0 Å². The van der Waals surface area contributed by atoms with Gasteiger partial charge in [-0.3, -0.25) is 0 Å². The Kier molecular flexibility index (Phi) is 5.38. The molecule has 0 spiro atoms. The fraction of sp³-hybridized carbons (Fsp3) is 1.00. The first kappa shape index (κ1) is 8.96. The van der Waals surface area contributed by atoms with Gasteiger partial charge in [0.2, 0.25) is 0 Å². The molecule has 0 unspecified atom stereocenters. The van der Waals surface area contributed by atoms with E-state index in [2.05, 4.69) is 45.7 Å². The Morgan fingerprint density at radius 3 is 1.38 bits per heavy atom. The standard InChI is InChI=1S/C6H12Br2/c1-5(3-7)6(2)4-8/h5-6H,3-4H2,1-2H3/t5-,6+. The van der Waals surface area contributed by atoms with Crippen molar-refractivity contribution in [3.05, 3.63) is 0 Å². The average molecular weight is 244 g/mol. The van der Waals surface area contributed by atoms with Crippen molar-refractivity contribution >= 4 is 31.9 Å². The second-order valence-electron chi connectivity index (χ2n) is 2.26. The summed E-state index contributed by atoms with van der Waals surface area (Å²) in [4.78, 5) is 0. The van der Waals surface area contributed by atoms with Crippen LogP contribution in [0.15, 0.2) is 0 Å². The molecule has 50 valence electrons. The largest absolute Gasteiger partial charge is 0.0925 e. The molecule has 0 aliphatic heterocycles. The van der Waals surface area contributed by atoms with E-state index in [1.54, 1.807) is 0 Å². The Hall–Kier alpha value is 0.960. The first-order valence-corrected chi connectivity index (χ1v) is 5.08. The van der Waals surface area contributed by atoms with Crippen LogP contribution in [0.3, 0.4) is 0 Å². The third-order valence-corrected chi connectivity index (χ3v) is 3.50. The van der Waals surface area contributed by atoms with Gasteiger partial charge in [0.1, 0.15) is 0 Å². The third-order valence-electron chi connectivity index (χ3n) is 1.46. The molecule has 0 N–H and O–H groups in total. The fourth-order valence-electron chi connectivity index (χ4n) is 0.304. The summed E-state index contributed by atoms with van der Waals surface area (Å²) in [6.07, 6.45) is 0. The maximum absolute atomic E-state index is 3.44. The molecule has 0 aromatic rings. The fourth-order valence-corrected chi connectivity index (χ4v) is 1.58. The topological polar surface area (TPSA) is 0 Å². The van der Waals surface area contributed by atoms with Gasteiger partial charge in [-0.2, -0.15) is 0 Å². The zero-order valence-electron chi connectivity index (χ0n) is 5.32. The Morgan fingerprint density at radius 2 is 1.25 bits per heavy atom. The van der Waals surface area contributed by atoms with Gasteiger partial charge >= 0.3 is 0 Å². The Labute approximate surface area is 68.3 Å². The Morgan fingerprint density at radius 1 is 1.00 bits per heavy atom. The summed E-state index contributed by atoms with van der Waals surface area (Å²) in [6, 6.07) is 0. The van der Waals surface area contributed by atoms with Gasteiger partial charge < -0.3 is 0 Å². The van der Waals surface area contributed by atoms with Crippen molar-refractivity contribution in [2.45, 2.75) is 13.8 Å². The van der Waals surface area contributed by atoms with Crippen LogP contribution in [-0.4, -0.2) is 10.7 Å². The summed E-state index contributed by atoms with van der Waals surface area (Å²) in [5.74, 6) is 1.57. The summed E-state index contributed by atoms with van der Waals surface area (Å²) >= 11 is 6.87. The lowest BCUT2D eigenvalue weighted by molar-refractivity contribution is 0.477. The van der Waals surface area contributed by atoms with Gasteiger partial charge in [0.15, 0.2) is 0 Å². The molecule has 0 fully saturated rings.